The Kier molecular flexibility index (Phi) is 4.04. The number of ketones is 1. The molecule has 1 aromatic heterocycles. The first-order valence-electron chi connectivity index (χ1n) is 6.00. The van der Waals surface area contributed by atoms with Crippen molar-refractivity contribution in [2.75, 3.05) is 7.05 Å². The van der Waals surface area contributed by atoms with E-state index in [-0.39, 0.29) is 17.2 Å². The summed E-state index contributed by atoms with van der Waals surface area (Å²) in [5, 5.41) is 3.24. The highest BCUT2D eigenvalue weighted by atomic mass is 16.1. The molecule has 0 aliphatic carbocycles. The number of Topliss-reactive ketones (excluding diaryl/α,β-unsaturated/α-hetero) is 1. The maximum Gasteiger partial charge on any atom is 0.167 e. The lowest BCUT2D eigenvalue weighted by Gasteiger charge is -2.28. The van der Waals surface area contributed by atoms with Crippen molar-refractivity contribution in [3.05, 3.63) is 29.1 Å². The van der Waals surface area contributed by atoms with Crippen molar-refractivity contribution >= 4 is 5.78 Å². The highest BCUT2D eigenvalue weighted by Crippen LogP contribution is 2.26. The van der Waals surface area contributed by atoms with E-state index in [0.29, 0.717) is 0 Å². The molecule has 1 heterocycles. The summed E-state index contributed by atoms with van der Waals surface area (Å²) in [6.07, 6.45) is 1.76. The minimum atomic E-state index is -0.229. The summed E-state index contributed by atoms with van der Waals surface area (Å²) in [5.74, 6) is 0.151. The van der Waals surface area contributed by atoms with Crippen molar-refractivity contribution in [3.63, 3.8) is 0 Å². The Labute approximate surface area is 104 Å². The molecule has 0 aliphatic heterocycles. The van der Waals surface area contributed by atoms with E-state index in [9.17, 15) is 4.79 Å². The maximum absolute atomic E-state index is 12.3. The van der Waals surface area contributed by atoms with Crippen LogP contribution < -0.4 is 5.32 Å². The first-order valence-corrected chi connectivity index (χ1v) is 6.00. The number of carbonyl (C=O) groups excluding carboxylic acids is 1. The summed E-state index contributed by atoms with van der Waals surface area (Å²) in [6.45, 7) is 9.87. The SMILES string of the molecule is CNC(C)(C)c1ccnc(C)c1C(=O)C(C)C. The Morgan fingerprint density at radius 3 is 2.47 bits per heavy atom. The van der Waals surface area contributed by atoms with Crippen LogP contribution in [0.3, 0.4) is 0 Å². The van der Waals surface area contributed by atoms with Crippen LogP contribution in [0.1, 0.15) is 49.3 Å². The molecule has 0 aromatic carbocycles. The molecule has 94 valence electrons. The molecule has 0 fully saturated rings. The van der Waals surface area contributed by atoms with Gasteiger partial charge in [0.05, 0.1) is 0 Å². The fourth-order valence-corrected chi connectivity index (χ4v) is 1.82. The number of nitrogens with one attached hydrogen (secondary N) is 1. The summed E-state index contributed by atoms with van der Waals surface area (Å²) in [7, 11) is 1.90. The molecule has 0 bridgehead atoms. The van der Waals surface area contributed by atoms with E-state index in [4.69, 9.17) is 0 Å². The number of rotatable bonds is 4. The molecule has 1 N–H and O–H groups in total. The number of nitrogens with zero attached hydrogens (tertiary/aromatic N) is 1. The highest BCUT2D eigenvalue weighted by Gasteiger charge is 2.27. The molecule has 1 aromatic rings. The lowest BCUT2D eigenvalue weighted by Crippen LogP contribution is -2.35. The van der Waals surface area contributed by atoms with Crippen molar-refractivity contribution in [2.45, 2.75) is 40.2 Å². The minimum Gasteiger partial charge on any atom is -0.311 e. The van der Waals surface area contributed by atoms with E-state index in [2.05, 4.69) is 24.1 Å². The van der Waals surface area contributed by atoms with E-state index in [1.165, 1.54) is 0 Å². The Hall–Kier alpha value is -1.22. The molecule has 17 heavy (non-hydrogen) atoms. The number of carbonyl (C=O) groups is 1. The van der Waals surface area contributed by atoms with Gasteiger partial charge in [-0.05, 0) is 39.4 Å². The van der Waals surface area contributed by atoms with Gasteiger partial charge < -0.3 is 5.32 Å². The number of hydrogen-bond donors (Lipinski definition) is 1. The van der Waals surface area contributed by atoms with E-state index in [0.717, 1.165) is 16.8 Å². The van der Waals surface area contributed by atoms with Gasteiger partial charge >= 0.3 is 0 Å². The average Bonchev–Trinajstić information content (AvgIpc) is 2.27. The van der Waals surface area contributed by atoms with Crippen molar-refractivity contribution in [2.24, 2.45) is 5.92 Å². The normalized spacial score (nSPS) is 11.9. The zero-order chi connectivity index (χ0) is 13.2. The van der Waals surface area contributed by atoms with Crippen LogP contribution in [0.4, 0.5) is 0 Å². The average molecular weight is 234 g/mol. The van der Waals surface area contributed by atoms with E-state index >= 15 is 0 Å². The molecule has 0 saturated carbocycles. The Bertz CT molecular complexity index is 422. The number of hydrogen-bond acceptors (Lipinski definition) is 3. The third-order valence-electron chi connectivity index (χ3n) is 3.21. The number of aryl methyl sites for hydroxylation is 1. The molecule has 0 amide bonds. The Balaban J connectivity index is 3.42. The van der Waals surface area contributed by atoms with Crippen LogP contribution in [0.2, 0.25) is 0 Å². The Morgan fingerprint density at radius 1 is 1.41 bits per heavy atom. The highest BCUT2D eigenvalue weighted by molar-refractivity contribution is 6.00. The van der Waals surface area contributed by atoms with Crippen LogP contribution in [0.5, 0.6) is 0 Å². The smallest absolute Gasteiger partial charge is 0.167 e. The van der Waals surface area contributed by atoms with Gasteiger partial charge in [-0.15, -0.1) is 0 Å². The van der Waals surface area contributed by atoms with Crippen LogP contribution >= 0.6 is 0 Å². The second kappa shape index (κ2) is 4.96. The first kappa shape index (κ1) is 13.8. The standard InChI is InChI=1S/C14H22N2O/c1-9(2)13(17)12-10(3)16-8-7-11(12)14(4,5)15-6/h7-9,15H,1-6H3. The monoisotopic (exact) mass is 234 g/mol. The number of aromatic nitrogens is 1. The summed E-state index contributed by atoms with van der Waals surface area (Å²) in [4.78, 5) is 16.5. The van der Waals surface area contributed by atoms with Gasteiger partial charge in [-0.1, -0.05) is 13.8 Å². The molecule has 0 unspecified atom stereocenters. The molecule has 3 heteroatoms. The van der Waals surface area contributed by atoms with Crippen LogP contribution in [0, 0.1) is 12.8 Å². The summed E-state index contributed by atoms with van der Waals surface area (Å²) >= 11 is 0. The third-order valence-corrected chi connectivity index (χ3v) is 3.21. The third kappa shape index (κ3) is 2.72. The van der Waals surface area contributed by atoms with E-state index < -0.39 is 0 Å². The van der Waals surface area contributed by atoms with Gasteiger partial charge in [-0.2, -0.15) is 0 Å². The van der Waals surface area contributed by atoms with Crippen molar-refractivity contribution in [1.82, 2.24) is 10.3 Å². The molecular weight excluding hydrogens is 212 g/mol. The maximum atomic E-state index is 12.3. The van der Waals surface area contributed by atoms with Crippen molar-refractivity contribution in [3.8, 4) is 0 Å². The zero-order valence-corrected chi connectivity index (χ0v) is 11.6. The lowest BCUT2D eigenvalue weighted by atomic mass is 9.86. The van der Waals surface area contributed by atoms with Crippen molar-refractivity contribution < 1.29 is 4.79 Å². The molecular formula is C14H22N2O. The zero-order valence-electron chi connectivity index (χ0n) is 11.6. The fourth-order valence-electron chi connectivity index (χ4n) is 1.82. The van der Waals surface area contributed by atoms with Crippen LogP contribution in [-0.4, -0.2) is 17.8 Å². The summed E-state index contributed by atoms with van der Waals surface area (Å²) in [6, 6.07) is 1.93. The van der Waals surface area contributed by atoms with E-state index in [1.54, 1.807) is 6.20 Å². The molecule has 0 aliphatic rings. The second-order valence-corrected chi connectivity index (χ2v) is 5.21. The Morgan fingerprint density at radius 2 is 2.00 bits per heavy atom. The molecule has 0 atom stereocenters. The molecule has 0 spiro atoms. The van der Waals surface area contributed by atoms with Gasteiger partial charge in [-0.25, -0.2) is 0 Å². The van der Waals surface area contributed by atoms with Gasteiger partial charge in [0.25, 0.3) is 0 Å². The first-order chi connectivity index (χ1) is 7.81. The number of pyridine rings is 1. The molecule has 0 saturated heterocycles. The fraction of sp³-hybridized carbons (Fsp3) is 0.571. The van der Waals surface area contributed by atoms with Crippen molar-refractivity contribution in [1.29, 1.82) is 0 Å². The van der Waals surface area contributed by atoms with Crippen LogP contribution in [-0.2, 0) is 5.54 Å². The van der Waals surface area contributed by atoms with Crippen LogP contribution in [0.15, 0.2) is 12.3 Å². The van der Waals surface area contributed by atoms with Gasteiger partial charge in [0.2, 0.25) is 0 Å². The predicted octanol–water partition coefficient (Wildman–Crippen LogP) is 2.68. The van der Waals surface area contributed by atoms with Crippen LogP contribution in [0.25, 0.3) is 0 Å². The minimum absolute atomic E-state index is 0.00990. The summed E-state index contributed by atoms with van der Waals surface area (Å²) < 4.78 is 0. The largest absolute Gasteiger partial charge is 0.311 e. The van der Waals surface area contributed by atoms with Gasteiger partial charge in [0.15, 0.2) is 5.78 Å². The van der Waals surface area contributed by atoms with Gasteiger partial charge in [0, 0.05) is 28.9 Å². The topological polar surface area (TPSA) is 42.0 Å². The lowest BCUT2D eigenvalue weighted by molar-refractivity contribution is 0.0935. The predicted molar refractivity (Wildman–Crippen MR) is 70.2 cm³/mol. The molecule has 0 radical (unpaired) electrons. The van der Waals surface area contributed by atoms with E-state index in [1.807, 2.05) is 33.9 Å². The van der Waals surface area contributed by atoms with Gasteiger partial charge in [-0.3, -0.25) is 9.78 Å². The van der Waals surface area contributed by atoms with Gasteiger partial charge in [0.1, 0.15) is 0 Å². The molecule has 1 rings (SSSR count). The second-order valence-electron chi connectivity index (χ2n) is 5.21. The molecule has 3 nitrogen and oxygen atoms in total. The quantitative estimate of drug-likeness (QED) is 0.814. The summed E-state index contributed by atoms with van der Waals surface area (Å²) in [5.41, 5.74) is 2.37.